The third kappa shape index (κ3) is 2.66. The van der Waals surface area contributed by atoms with Crippen molar-refractivity contribution in [3.8, 4) is 11.3 Å². The van der Waals surface area contributed by atoms with Crippen LogP contribution < -0.4 is 4.57 Å². The van der Waals surface area contributed by atoms with E-state index in [-0.39, 0.29) is 17.5 Å². The molecule has 4 unspecified atom stereocenters. The average molecular weight is 605 g/mol. The van der Waals surface area contributed by atoms with Crippen molar-refractivity contribution in [3.05, 3.63) is 103 Å². The van der Waals surface area contributed by atoms with E-state index in [1.807, 2.05) is 34.9 Å². The number of ether oxygens (including phenoxy) is 1. The van der Waals surface area contributed by atoms with Crippen molar-refractivity contribution >= 4 is 48.9 Å². The molecule has 45 heavy (non-hydrogen) atoms. The number of methoxy groups -OCH3 is 1. The van der Waals surface area contributed by atoms with Crippen molar-refractivity contribution in [1.82, 2.24) is 9.38 Å². The zero-order chi connectivity index (χ0) is 31.3. The fourth-order valence-electron chi connectivity index (χ4n) is 9.58. The van der Waals surface area contributed by atoms with E-state index in [2.05, 4.69) is 48.0 Å². The lowest BCUT2D eigenvalue weighted by molar-refractivity contribution is -0.797. The first kappa shape index (κ1) is 26.8. The van der Waals surface area contributed by atoms with Crippen LogP contribution in [0.4, 0.5) is 13.2 Å². The summed E-state index contributed by atoms with van der Waals surface area (Å²) in [5, 5.41) is 15.3. The van der Waals surface area contributed by atoms with E-state index in [1.165, 1.54) is 6.07 Å². The molecule has 1 N–H and O–H groups in total. The highest BCUT2D eigenvalue weighted by molar-refractivity contribution is 6.20. The van der Waals surface area contributed by atoms with Gasteiger partial charge in [0, 0.05) is 29.0 Å². The van der Waals surface area contributed by atoms with E-state index in [4.69, 9.17) is 4.74 Å². The number of aromatic nitrogens is 3. The number of hydrogen-bond donors (Lipinski definition) is 1. The van der Waals surface area contributed by atoms with E-state index in [0.717, 1.165) is 38.4 Å². The number of benzene rings is 4. The van der Waals surface area contributed by atoms with Gasteiger partial charge in [-0.15, -0.1) is 6.58 Å². The number of halogens is 3. The Kier molecular flexibility index (Phi) is 4.88. The molecule has 1 aliphatic carbocycles. The average Bonchev–Trinajstić information content (AvgIpc) is 3.56. The van der Waals surface area contributed by atoms with Gasteiger partial charge in [0.05, 0.1) is 39.9 Å². The van der Waals surface area contributed by atoms with E-state index >= 15 is 0 Å². The zero-order valence-corrected chi connectivity index (χ0v) is 24.9. The number of fused-ring (bicyclic) bond motifs is 14. The molecule has 1 fully saturated rings. The van der Waals surface area contributed by atoms with Crippen molar-refractivity contribution in [1.29, 1.82) is 0 Å². The topological polar surface area (TPSA) is 50.6 Å². The Bertz CT molecular complexity index is 2420. The molecule has 0 radical (unpaired) electrons. The van der Waals surface area contributed by atoms with Crippen LogP contribution in [-0.2, 0) is 21.9 Å². The summed E-state index contributed by atoms with van der Waals surface area (Å²) in [6, 6.07) is 22.8. The van der Waals surface area contributed by atoms with Crippen molar-refractivity contribution in [2.75, 3.05) is 13.7 Å². The lowest BCUT2D eigenvalue weighted by Crippen LogP contribution is -2.90. The van der Waals surface area contributed by atoms with E-state index in [9.17, 15) is 18.3 Å². The molecule has 0 amide bonds. The second-order valence-corrected chi connectivity index (χ2v) is 12.8. The van der Waals surface area contributed by atoms with E-state index < -0.39 is 34.2 Å². The Hall–Kier alpha value is -4.53. The van der Waals surface area contributed by atoms with Crippen LogP contribution in [0.1, 0.15) is 25.1 Å². The van der Waals surface area contributed by atoms with Crippen LogP contribution in [0.15, 0.2) is 91.8 Å². The number of rotatable bonds is 3. The highest BCUT2D eigenvalue weighted by Crippen LogP contribution is 2.70. The van der Waals surface area contributed by atoms with Crippen LogP contribution in [0, 0.1) is 5.92 Å². The lowest BCUT2D eigenvalue weighted by atomic mass is 9.38. The maximum atomic E-state index is 14.9. The van der Waals surface area contributed by atoms with Crippen LogP contribution in [0.2, 0.25) is 0 Å². The van der Waals surface area contributed by atoms with Crippen LogP contribution in [0.25, 0.3) is 60.1 Å². The summed E-state index contributed by atoms with van der Waals surface area (Å²) in [7, 11) is 1.61. The maximum absolute atomic E-state index is 14.9. The van der Waals surface area contributed by atoms with Gasteiger partial charge in [0.25, 0.3) is 6.33 Å². The van der Waals surface area contributed by atoms with Gasteiger partial charge in [0.1, 0.15) is 22.4 Å². The van der Waals surface area contributed by atoms with Crippen LogP contribution in [0.5, 0.6) is 0 Å². The maximum Gasteiger partial charge on any atom is 0.421 e. The van der Waals surface area contributed by atoms with Crippen molar-refractivity contribution in [3.63, 3.8) is 0 Å². The molecular formula is C37H29F3N3O2+. The van der Waals surface area contributed by atoms with Gasteiger partial charge < -0.3 is 14.2 Å². The van der Waals surface area contributed by atoms with Crippen molar-refractivity contribution in [2.24, 2.45) is 5.92 Å². The minimum absolute atomic E-state index is 0.0882. The predicted octanol–water partition coefficient (Wildman–Crippen LogP) is 7.54. The van der Waals surface area contributed by atoms with Gasteiger partial charge in [-0.3, -0.25) is 0 Å². The number of aliphatic hydroxyl groups excluding tert-OH is 1. The fourth-order valence-corrected chi connectivity index (χ4v) is 9.58. The van der Waals surface area contributed by atoms with Crippen molar-refractivity contribution < 1.29 is 27.6 Å². The molecule has 1 saturated carbocycles. The SMILES string of the molecule is C=CC1C(CO)(OC)C2(C)c3c(c4cccc5c6ccccc6n3c45)-c3c4cc5ccccc5c(C(F)(F)F)c4nc[n+]3C12C. The summed E-state index contributed by atoms with van der Waals surface area (Å²) in [6.45, 7) is 8.09. The number of aliphatic hydroxyl groups is 1. The predicted molar refractivity (Wildman–Crippen MR) is 169 cm³/mol. The quantitative estimate of drug-likeness (QED) is 0.129. The van der Waals surface area contributed by atoms with Crippen molar-refractivity contribution in [2.45, 2.75) is 36.6 Å². The normalized spacial score (nSPS) is 26.0. The molecule has 8 heteroatoms. The fraction of sp³-hybridized carbons (Fsp3) is 0.243. The highest BCUT2D eigenvalue weighted by Gasteiger charge is 2.82. The highest BCUT2D eigenvalue weighted by atomic mass is 19.4. The largest absolute Gasteiger partial charge is 0.421 e. The lowest BCUT2D eigenvalue weighted by Gasteiger charge is -2.70. The summed E-state index contributed by atoms with van der Waals surface area (Å²) in [6.07, 6.45) is -1.27. The molecule has 0 saturated heterocycles. The monoisotopic (exact) mass is 604 g/mol. The second kappa shape index (κ2) is 8.19. The van der Waals surface area contributed by atoms with Crippen LogP contribution >= 0.6 is 0 Å². The molecule has 2 aliphatic rings. The molecule has 4 heterocycles. The Morgan fingerprint density at radius 2 is 1.67 bits per heavy atom. The van der Waals surface area contributed by atoms with Gasteiger partial charge in [-0.25, -0.2) is 4.57 Å². The number of para-hydroxylation sites is 2. The molecule has 9 rings (SSSR count). The minimum atomic E-state index is -4.63. The molecule has 3 aromatic heterocycles. The smallest absolute Gasteiger partial charge is 0.393 e. The number of alkyl halides is 3. The number of nitrogens with zero attached hydrogens (tertiary/aromatic N) is 3. The Morgan fingerprint density at radius 1 is 0.978 bits per heavy atom. The van der Waals surface area contributed by atoms with Gasteiger partial charge in [-0.2, -0.15) is 13.2 Å². The van der Waals surface area contributed by atoms with Gasteiger partial charge in [-0.05, 0) is 41.7 Å². The summed E-state index contributed by atoms with van der Waals surface area (Å²) in [5.41, 5.74) is 0.820. The van der Waals surface area contributed by atoms with E-state index in [0.29, 0.717) is 16.5 Å². The first-order chi connectivity index (χ1) is 21.6. The van der Waals surface area contributed by atoms with E-state index in [1.54, 1.807) is 37.7 Å². The molecule has 7 aromatic rings. The Balaban J connectivity index is 1.58. The Morgan fingerprint density at radius 3 is 2.38 bits per heavy atom. The third-order valence-corrected chi connectivity index (χ3v) is 11.5. The number of hydrogen-bond acceptors (Lipinski definition) is 3. The summed E-state index contributed by atoms with van der Waals surface area (Å²) < 4.78 is 55.5. The first-order valence-electron chi connectivity index (χ1n) is 15.0. The molecule has 1 aliphatic heterocycles. The summed E-state index contributed by atoms with van der Waals surface area (Å²) >= 11 is 0. The molecule has 0 spiro atoms. The zero-order valence-electron chi connectivity index (χ0n) is 24.9. The van der Waals surface area contributed by atoms with Gasteiger partial charge in [-0.1, -0.05) is 66.7 Å². The molecular weight excluding hydrogens is 575 g/mol. The second-order valence-electron chi connectivity index (χ2n) is 12.8. The Labute approximate surface area is 256 Å². The molecule has 4 aromatic carbocycles. The van der Waals surface area contributed by atoms with Gasteiger partial charge >= 0.3 is 6.18 Å². The molecule has 0 bridgehead atoms. The first-order valence-corrected chi connectivity index (χ1v) is 15.0. The van der Waals surface area contributed by atoms with Gasteiger partial charge in [0.2, 0.25) is 0 Å². The summed E-state index contributed by atoms with van der Waals surface area (Å²) in [4.78, 5) is 4.60. The standard InChI is InChI=1S/C37H29F3N3O2/c1-5-27-35(3)34(2,36(27,18-44)45-4)33-28(24-15-10-14-23-22-13-8-9-16-26(22)43(33)31(23)24)32-25-17-20-11-6-7-12-21(20)29(37(38,39)40)30(25)41-19-42(32)35/h5-17,19,27,44H,1,18H2,2-4H3/q+1. The summed E-state index contributed by atoms with van der Waals surface area (Å²) in [5.74, 6) is -0.398. The molecule has 4 atom stereocenters. The molecule has 224 valence electrons. The van der Waals surface area contributed by atoms with Gasteiger partial charge in [0.15, 0.2) is 5.52 Å². The molecule has 5 nitrogen and oxygen atoms in total. The van der Waals surface area contributed by atoms with Crippen LogP contribution in [-0.4, -0.2) is 33.8 Å². The minimum Gasteiger partial charge on any atom is -0.393 e. The van der Waals surface area contributed by atoms with Crippen LogP contribution in [0.3, 0.4) is 0 Å². The third-order valence-electron chi connectivity index (χ3n) is 11.5.